The maximum Gasteiger partial charge on any atom is 0.407 e. The zero-order valence-electron chi connectivity index (χ0n) is 15.8. The molecule has 0 radical (unpaired) electrons. The molecule has 136 valence electrons. The smallest absolute Gasteiger partial charge is 0.407 e. The SMILES string of the molecule is CN=C(NCCCNC(=O)OC(C)(C)C)NCCN(C)C(C)C. The van der Waals surface area contributed by atoms with Crippen LogP contribution in [0.25, 0.3) is 0 Å². The molecule has 7 nitrogen and oxygen atoms in total. The molecule has 3 N–H and O–H groups in total. The van der Waals surface area contributed by atoms with Gasteiger partial charge in [-0.2, -0.15) is 0 Å². The molecule has 1 amide bonds. The normalized spacial score (nSPS) is 12.5. The summed E-state index contributed by atoms with van der Waals surface area (Å²) in [6, 6.07) is 0.533. The topological polar surface area (TPSA) is 78.0 Å². The van der Waals surface area contributed by atoms with E-state index in [0.717, 1.165) is 32.0 Å². The van der Waals surface area contributed by atoms with Crippen molar-refractivity contribution in [1.29, 1.82) is 0 Å². The summed E-state index contributed by atoms with van der Waals surface area (Å²) < 4.78 is 5.17. The molecule has 0 heterocycles. The number of alkyl carbamates (subject to hydrolysis) is 1. The van der Waals surface area contributed by atoms with Crippen molar-refractivity contribution in [2.24, 2.45) is 4.99 Å². The van der Waals surface area contributed by atoms with E-state index in [1.807, 2.05) is 20.8 Å². The van der Waals surface area contributed by atoms with E-state index in [1.54, 1.807) is 7.05 Å². The summed E-state index contributed by atoms with van der Waals surface area (Å²) in [5.41, 5.74) is -0.461. The minimum absolute atomic E-state index is 0.378. The number of nitrogens with zero attached hydrogens (tertiary/aromatic N) is 2. The largest absolute Gasteiger partial charge is 0.444 e. The van der Waals surface area contributed by atoms with Crippen molar-refractivity contribution in [2.45, 2.75) is 52.7 Å². The Morgan fingerprint density at radius 2 is 1.70 bits per heavy atom. The number of carbonyl (C=O) groups is 1. The first-order valence-corrected chi connectivity index (χ1v) is 8.27. The van der Waals surface area contributed by atoms with Crippen LogP contribution in [0.15, 0.2) is 4.99 Å². The van der Waals surface area contributed by atoms with Crippen LogP contribution >= 0.6 is 0 Å². The summed E-state index contributed by atoms with van der Waals surface area (Å²) in [5, 5.41) is 9.23. The average Bonchev–Trinajstić information content (AvgIpc) is 2.42. The number of carbonyl (C=O) groups excluding carboxylic acids is 1. The van der Waals surface area contributed by atoms with Crippen LogP contribution in [-0.2, 0) is 4.74 Å². The van der Waals surface area contributed by atoms with Gasteiger partial charge in [0.15, 0.2) is 5.96 Å². The van der Waals surface area contributed by atoms with Gasteiger partial charge in [0.25, 0.3) is 0 Å². The summed E-state index contributed by atoms with van der Waals surface area (Å²) in [5.74, 6) is 0.777. The summed E-state index contributed by atoms with van der Waals surface area (Å²) in [6.45, 7) is 13.0. The van der Waals surface area contributed by atoms with E-state index in [0.29, 0.717) is 12.6 Å². The predicted octanol–water partition coefficient (Wildman–Crippen LogP) is 1.41. The summed E-state index contributed by atoms with van der Waals surface area (Å²) in [4.78, 5) is 17.9. The van der Waals surface area contributed by atoms with E-state index >= 15 is 0 Å². The Morgan fingerprint density at radius 1 is 1.13 bits per heavy atom. The van der Waals surface area contributed by atoms with E-state index in [9.17, 15) is 4.79 Å². The van der Waals surface area contributed by atoms with Crippen LogP contribution < -0.4 is 16.0 Å². The molecule has 0 aromatic heterocycles. The van der Waals surface area contributed by atoms with E-state index in [2.05, 4.69) is 46.7 Å². The number of hydrogen-bond acceptors (Lipinski definition) is 4. The van der Waals surface area contributed by atoms with Gasteiger partial charge in [0.2, 0.25) is 0 Å². The lowest BCUT2D eigenvalue weighted by molar-refractivity contribution is 0.0527. The molecule has 0 saturated carbocycles. The van der Waals surface area contributed by atoms with Gasteiger partial charge in [-0.25, -0.2) is 4.79 Å². The third-order valence-corrected chi connectivity index (χ3v) is 3.18. The lowest BCUT2D eigenvalue weighted by Gasteiger charge is -2.21. The second-order valence-corrected chi connectivity index (χ2v) is 6.78. The number of guanidine groups is 1. The number of hydrogen-bond donors (Lipinski definition) is 3. The molecule has 0 aliphatic heterocycles. The summed E-state index contributed by atoms with van der Waals surface area (Å²) >= 11 is 0. The van der Waals surface area contributed by atoms with Gasteiger partial charge < -0.3 is 25.6 Å². The van der Waals surface area contributed by atoms with Gasteiger partial charge in [0.1, 0.15) is 5.60 Å². The highest BCUT2D eigenvalue weighted by Gasteiger charge is 2.15. The standard InChI is InChI=1S/C16H35N5O2/c1-13(2)21(7)12-11-19-14(17-6)18-9-8-10-20-15(22)23-16(3,4)5/h13H,8-12H2,1-7H3,(H,20,22)(H2,17,18,19). The van der Waals surface area contributed by atoms with Crippen LogP contribution in [0.2, 0.25) is 0 Å². The monoisotopic (exact) mass is 329 g/mol. The number of nitrogens with one attached hydrogen (secondary N) is 3. The van der Waals surface area contributed by atoms with Crippen molar-refractivity contribution >= 4 is 12.1 Å². The molecular formula is C16H35N5O2. The molecule has 0 spiro atoms. The Hall–Kier alpha value is -1.50. The Kier molecular flexibility index (Phi) is 10.4. The summed E-state index contributed by atoms with van der Waals surface area (Å²) in [7, 11) is 3.85. The quantitative estimate of drug-likeness (QED) is 0.356. The van der Waals surface area contributed by atoms with Crippen LogP contribution in [0, 0.1) is 0 Å². The fraction of sp³-hybridized carbons (Fsp3) is 0.875. The Labute approximate surface area is 141 Å². The average molecular weight is 329 g/mol. The lowest BCUT2D eigenvalue weighted by Crippen LogP contribution is -2.42. The molecule has 0 bridgehead atoms. The van der Waals surface area contributed by atoms with Crippen LogP contribution in [0.1, 0.15) is 41.0 Å². The van der Waals surface area contributed by atoms with Gasteiger partial charge in [-0.3, -0.25) is 4.99 Å². The molecule has 7 heteroatoms. The molecule has 23 heavy (non-hydrogen) atoms. The van der Waals surface area contributed by atoms with Crippen LogP contribution in [0.4, 0.5) is 4.79 Å². The molecule has 0 aromatic rings. The fourth-order valence-corrected chi connectivity index (χ4v) is 1.63. The highest BCUT2D eigenvalue weighted by atomic mass is 16.6. The second-order valence-electron chi connectivity index (χ2n) is 6.78. The number of aliphatic imine (C=N–C) groups is 1. The van der Waals surface area contributed by atoms with Gasteiger partial charge in [0.05, 0.1) is 0 Å². The van der Waals surface area contributed by atoms with E-state index in [-0.39, 0.29) is 6.09 Å². The zero-order valence-corrected chi connectivity index (χ0v) is 15.8. The fourth-order valence-electron chi connectivity index (χ4n) is 1.63. The van der Waals surface area contributed by atoms with E-state index < -0.39 is 5.60 Å². The molecule has 0 aliphatic carbocycles. The molecule has 0 aliphatic rings. The Morgan fingerprint density at radius 3 is 2.22 bits per heavy atom. The molecule has 0 aromatic carbocycles. The van der Waals surface area contributed by atoms with Crippen molar-refractivity contribution in [1.82, 2.24) is 20.9 Å². The molecule has 0 unspecified atom stereocenters. The molecule has 0 saturated heterocycles. The maximum absolute atomic E-state index is 11.5. The van der Waals surface area contributed by atoms with Gasteiger partial charge in [-0.05, 0) is 48.1 Å². The molecule has 0 rings (SSSR count). The minimum Gasteiger partial charge on any atom is -0.444 e. The van der Waals surface area contributed by atoms with Gasteiger partial charge >= 0.3 is 6.09 Å². The third-order valence-electron chi connectivity index (χ3n) is 3.18. The highest BCUT2D eigenvalue weighted by Crippen LogP contribution is 2.06. The zero-order chi connectivity index (χ0) is 17.9. The highest BCUT2D eigenvalue weighted by molar-refractivity contribution is 5.79. The molecule has 0 atom stereocenters. The number of likely N-dealkylation sites (N-methyl/N-ethyl adjacent to an activating group) is 1. The van der Waals surface area contributed by atoms with Crippen LogP contribution in [0.5, 0.6) is 0 Å². The number of amides is 1. The Balaban J connectivity index is 3.75. The minimum atomic E-state index is -0.461. The van der Waals surface area contributed by atoms with Crippen LogP contribution in [-0.4, -0.2) is 68.9 Å². The predicted molar refractivity (Wildman–Crippen MR) is 96.0 cm³/mol. The maximum atomic E-state index is 11.5. The van der Waals surface area contributed by atoms with Crippen molar-refractivity contribution in [3.63, 3.8) is 0 Å². The number of rotatable bonds is 8. The van der Waals surface area contributed by atoms with Crippen molar-refractivity contribution in [2.75, 3.05) is 40.3 Å². The first kappa shape index (κ1) is 21.5. The number of ether oxygens (including phenoxy) is 1. The summed E-state index contributed by atoms with van der Waals surface area (Å²) in [6.07, 6.45) is 0.419. The van der Waals surface area contributed by atoms with Gasteiger partial charge in [-0.1, -0.05) is 0 Å². The van der Waals surface area contributed by atoms with Crippen molar-refractivity contribution in [3.05, 3.63) is 0 Å². The van der Waals surface area contributed by atoms with Crippen LogP contribution in [0.3, 0.4) is 0 Å². The van der Waals surface area contributed by atoms with Gasteiger partial charge in [0, 0.05) is 39.3 Å². The van der Waals surface area contributed by atoms with Crippen molar-refractivity contribution < 1.29 is 9.53 Å². The van der Waals surface area contributed by atoms with Crippen molar-refractivity contribution in [3.8, 4) is 0 Å². The van der Waals surface area contributed by atoms with E-state index in [4.69, 9.17) is 4.74 Å². The molecule has 0 fully saturated rings. The van der Waals surface area contributed by atoms with E-state index in [1.165, 1.54) is 0 Å². The molecular weight excluding hydrogens is 294 g/mol. The third kappa shape index (κ3) is 12.7. The first-order chi connectivity index (χ1) is 10.7. The second kappa shape index (κ2) is 11.1. The van der Waals surface area contributed by atoms with Gasteiger partial charge in [-0.15, -0.1) is 0 Å². The first-order valence-electron chi connectivity index (χ1n) is 8.27. The Bertz CT molecular complexity index is 364. The lowest BCUT2D eigenvalue weighted by atomic mass is 10.2.